The van der Waals surface area contributed by atoms with E-state index in [1.54, 1.807) is 6.07 Å². The Balaban J connectivity index is 0. The van der Waals surface area contributed by atoms with Gasteiger partial charge < -0.3 is 6.16 Å². The van der Waals surface area contributed by atoms with E-state index in [-0.39, 0.29) is 41.4 Å². The molecule has 1 aromatic carbocycles. The van der Waals surface area contributed by atoms with Crippen molar-refractivity contribution in [3.8, 4) is 0 Å². The van der Waals surface area contributed by atoms with Gasteiger partial charge in [-0.2, -0.15) is 8.42 Å². The normalized spacial score (nSPS) is 10.9. The van der Waals surface area contributed by atoms with Crippen LogP contribution in [0.1, 0.15) is 6.99 Å². The average molecular weight is 266 g/mol. The van der Waals surface area contributed by atoms with Crippen molar-refractivity contribution in [2.45, 2.75) is 4.90 Å². The summed E-state index contributed by atoms with van der Waals surface area (Å²) in [6, 6.07) is 5.76. The summed E-state index contributed by atoms with van der Waals surface area (Å²) in [6.45, 7) is 0. The van der Waals surface area contributed by atoms with Gasteiger partial charge in [-0.1, -0.05) is 18.2 Å². The molecule has 0 atom stereocenters. The summed E-state index contributed by atoms with van der Waals surface area (Å²) < 4.78 is 35.2. The first-order valence-electron chi connectivity index (χ1n) is 4.27. The first-order valence-corrected chi connectivity index (χ1v) is 5.71. The van der Waals surface area contributed by atoms with E-state index in [2.05, 4.69) is 4.74 Å². The van der Waals surface area contributed by atoms with Gasteiger partial charge in [0.1, 0.15) is 4.90 Å². The van der Waals surface area contributed by atoms with Crippen molar-refractivity contribution >= 4 is 22.2 Å². The van der Waals surface area contributed by atoms with Crippen molar-refractivity contribution in [2.75, 3.05) is 7.11 Å². The second-order valence-electron chi connectivity index (χ2n) is 2.87. The number of carbonyl (C=O) groups is 1. The molecule has 0 radical (unpaired) electrons. The van der Waals surface area contributed by atoms with Gasteiger partial charge in [0.25, 0.3) is 10.1 Å². The van der Waals surface area contributed by atoms with Gasteiger partial charge in [0.2, 0.25) is 0 Å². The first kappa shape index (κ1) is 16.3. The summed E-state index contributed by atoms with van der Waals surface area (Å²) in [7, 11) is -3.08. The molecule has 0 aliphatic rings. The summed E-state index contributed by atoms with van der Waals surface area (Å²) in [5, 5.41) is 0. The number of esters is 1. The van der Waals surface area contributed by atoms with Gasteiger partial charge >= 0.3 is 35.5 Å². The molecule has 0 saturated carbocycles. The molecule has 0 aromatic heterocycles. The third-order valence-corrected chi connectivity index (χ3v) is 2.72. The van der Waals surface area contributed by atoms with E-state index in [0.717, 1.165) is 6.08 Å². The van der Waals surface area contributed by atoms with E-state index in [1.165, 1.54) is 31.4 Å². The Morgan fingerprint density at radius 3 is 2.53 bits per heavy atom. The fraction of sp³-hybridized carbons (Fsp3) is 0.100. The molecule has 1 aromatic rings. The van der Waals surface area contributed by atoms with Crippen molar-refractivity contribution in [1.82, 2.24) is 0 Å². The summed E-state index contributed by atoms with van der Waals surface area (Å²) in [6.07, 6.45) is 2.33. The van der Waals surface area contributed by atoms with Gasteiger partial charge in [-0.15, -0.1) is 0 Å². The monoisotopic (exact) mass is 266 g/mol. The molecule has 7 heteroatoms. The smallest absolute Gasteiger partial charge is 1.00 e. The number of carbonyl (C=O) groups excluding carboxylic acids is 1. The van der Waals surface area contributed by atoms with E-state index in [9.17, 15) is 13.2 Å². The number of rotatable bonds is 3. The second kappa shape index (κ2) is 6.93. The summed E-state index contributed by atoms with van der Waals surface area (Å²) in [4.78, 5) is 10.6. The fourth-order valence-corrected chi connectivity index (χ4v) is 1.76. The maximum atomic E-state index is 11.0. The Morgan fingerprint density at radius 2 is 2.00 bits per heavy atom. The zero-order chi connectivity index (χ0) is 12.2. The molecule has 1 rings (SSSR count). The van der Waals surface area contributed by atoms with E-state index in [0.29, 0.717) is 0 Å². The molecule has 0 saturated heterocycles. The van der Waals surface area contributed by atoms with Gasteiger partial charge in [-0.3, -0.25) is 4.55 Å². The molecular formula is C10H11NaO5S. The van der Waals surface area contributed by atoms with Crippen molar-refractivity contribution in [1.29, 1.82) is 0 Å². The molecule has 1 N–H and O–H groups in total. The Bertz CT molecular complexity index is 527. The first-order chi connectivity index (χ1) is 7.45. The molecule has 88 valence electrons. The Hall–Kier alpha value is -0.660. The van der Waals surface area contributed by atoms with Crippen LogP contribution in [0, 0.1) is 0 Å². The summed E-state index contributed by atoms with van der Waals surface area (Å²) >= 11 is 0. The second-order valence-corrected chi connectivity index (χ2v) is 4.26. The van der Waals surface area contributed by atoms with Crippen LogP contribution in [0.3, 0.4) is 0 Å². The van der Waals surface area contributed by atoms with Gasteiger partial charge in [0.15, 0.2) is 0 Å². The number of methoxy groups -OCH3 is 1. The Labute approximate surface area is 123 Å². The van der Waals surface area contributed by atoms with Gasteiger partial charge in [0, 0.05) is 6.08 Å². The SMILES string of the molecule is COC(=O)C=Cc1ccccc1S(=O)(=O)O.[H-].[Na+]. The van der Waals surface area contributed by atoms with E-state index in [4.69, 9.17) is 4.55 Å². The molecule has 0 spiro atoms. The minimum atomic E-state index is -4.29. The molecule has 0 amide bonds. The molecule has 0 aliphatic carbocycles. The maximum Gasteiger partial charge on any atom is 1.00 e. The quantitative estimate of drug-likeness (QED) is 0.303. The van der Waals surface area contributed by atoms with E-state index >= 15 is 0 Å². The largest absolute Gasteiger partial charge is 1.00 e. The van der Waals surface area contributed by atoms with Gasteiger partial charge in [-0.25, -0.2) is 4.79 Å². The molecule has 0 unspecified atom stereocenters. The van der Waals surface area contributed by atoms with Crippen molar-refractivity contribution in [3.63, 3.8) is 0 Å². The minimum absolute atomic E-state index is 0. The summed E-state index contributed by atoms with van der Waals surface area (Å²) in [5.41, 5.74) is 0.218. The Kier molecular flexibility index (Phi) is 6.66. The number of hydrogen-bond donors (Lipinski definition) is 1. The number of ether oxygens (including phenoxy) is 1. The molecule has 5 nitrogen and oxygen atoms in total. The Morgan fingerprint density at radius 1 is 1.41 bits per heavy atom. The molecule has 0 aliphatic heterocycles. The van der Waals surface area contributed by atoms with Crippen LogP contribution in [0.15, 0.2) is 35.2 Å². The molecule has 0 heterocycles. The van der Waals surface area contributed by atoms with Crippen LogP contribution in [-0.4, -0.2) is 26.0 Å². The van der Waals surface area contributed by atoms with E-state index in [1.807, 2.05) is 0 Å². The van der Waals surface area contributed by atoms with Crippen LogP contribution in [-0.2, 0) is 19.6 Å². The maximum absolute atomic E-state index is 11.0. The minimum Gasteiger partial charge on any atom is -1.00 e. The van der Waals surface area contributed by atoms with Crippen LogP contribution in [0.2, 0.25) is 0 Å². The summed E-state index contributed by atoms with van der Waals surface area (Å²) in [5.74, 6) is -0.606. The van der Waals surface area contributed by atoms with E-state index < -0.39 is 16.1 Å². The van der Waals surface area contributed by atoms with Crippen LogP contribution in [0.4, 0.5) is 0 Å². The zero-order valence-corrected chi connectivity index (χ0v) is 12.3. The fourth-order valence-electron chi connectivity index (χ4n) is 1.08. The van der Waals surface area contributed by atoms with Crippen molar-refractivity contribution in [2.24, 2.45) is 0 Å². The van der Waals surface area contributed by atoms with Gasteiger partial charge in [-0.05, 0) is 17.7 Å². The molecular weight excluding hydrogens is 255 g/mol. The standard InChI is InChI=1S/C10H10O5S.Na.H/c1-15-10(11)7-6-8-4-2-3-5-9(8)16(12,13)14;;/h2-7H,1H3,(H,12,13,14);;/q;+1;-1. The van der Waals surface area contributed by atoms with Crippen LogP contribution in [0.25, 0.3) is 6.08 Å². The molecule has 0 bridgehead atoms. The zero-order valence-electron chi connectivity index (χ0n) is 10.5. The topological polar surface area (TPSA) is 80.7 Å². The average Bonchev–Trinajstić information content (AvgIpc) is 2.25. The predicted octanol–water partition coefficient (Wildman–Crippen LogP) is -1.76. The van der Waals surface area contributed by atoms with Crippen molar-refractivity contribution < 1.29 is 53.5 Å². The molecule has 0 fully saturated rings. The van der Waals surface area contributed by atoms with Crippen LogP contribution in [0.5, 0.6) is 0 Å². The van der Waals surface area contributed by atoms with Gasteiger partial charge in [0.05, 0.1) is 7.11 Å². The number of hydrogen-bond acceptors (Lipinski definition) is 4. The predicted molar refractivity (Wildman–Crippen MR) is 58.4 cm³/mol. The number of benzene rings is 1. The van der Waals surface area contributed by atoms with Crippen LogP contribution < -0.4 is 29.6 Å². The third-order valence-electron chi connectivity index (χ3n) is 1.80. The van der Waals surface area contributed by atoms with Crippen molar-refractivity contribution in [3.05, 3.63) is 35.9 Å². The van der Waals surface area contributed by atoms with Crippen LogP contribution >= 0.6 is 0 Å². The third kappa shape index (κ3) is 5.01. The molecule has 17 heavy (non-hydrogen) atoms.